The molecule has 0 atom stereocenters. The van der Waals surface area contributed by atoms with E-state index < -0.39 is 5.95 Å². The van der Waals surface area contributed by atoms with Gasteiger partial charge in [-0.1, -0.05) is 6.07 Å². The predicted octanol–water partition coefficient (Wildman–Crippen LogP) is 2.11. The minimum Gasteiger partial charge on any atom is -0.380 e. The molecule has 0 saturated carbocycles. The first-order chi connectivity index (χ1) is 12.0. The Hall–Kier alpha value is -3.55. The van der Waals surface area contributed by atoms with Gasteiger partial charge < -0.3 is 10.7 Å². The minimum atomic E-state index is -0.847. The predicted molar refractivity (Wildman–Crippen MR) is 92.2 cm³/mol. The van der Waals surface area contributed by atoms with Crippen molar-refractivity contribution in [3.63, 3.8) is 0 Å². The summed E-state index contributed by atoms with van der Waals surface area (Å²) in [5.74, 6) is -1.14. The number of hydrogen-bond donors (Lipinski definition) is 2. The first-order valence-corrected chi connectivity index (χ1v) is 7.48. The Morgan fingerprint density at radius 2 is 2.00 bits per heavy atom. The number of fused-ring (bicyclic) bond motifs is 1. The fourth-order valence-corrected chi connectivity index (χ4v) is 2.69. The molecule has 0 unspecified atom stereocenters. The van der Waals surface area contributed by atoms with Gasteiger partial charge in [-0.05, 0) is 29.7 Å². The molecule has 0 aliphatic heterocycles. The molecule has 124 valence electrons. The van der Waals surface area contributed by atoms with Gasteiger partial charge in [0.25, 0.3) is 11.5 Å². The van der Waals surface area contributed by atoms with E-state index in [1.807, 2.05) is 0 Å². The van der Waals surface area contributed by atoms with E-state index in [2.05, 4.69) is 20.1 Å². The van der Waals surface area contributed by atoms with Crippen molar-refractivity contribution in [3.05, 3.63) is 59.0 Å². The Balaban J connectivity index is 1.98. The van der Waals surface area contributed by atoms with Crippen molar-refractivity contribution in [2.45, 2.75) is 0 Å². The summed E-state index contributed by atoms with van der Waals surface area (Å²) in [5, 5.41) is 5.55. The molecule has 3 N–H and O–H groups in total. The fourth-order valence-electron chi connectivity index (χ4n) is 2.69. The number of nitrogen functional groups attached to an aromatic ring is 1. The van der Waals surface area contributed by atoms with E-state index in [1.165, 1.54) is 0 Å². The van der Waals surface area contributed by atoms with Gasteiger partial charge in [-0.15, -0.1) is 0 Å². The largest absolute Gasteiger partial charge is 0.380 e. The lowest BCUT2D eigenvalue weighted by Gasteiger charge is -2.09. The first-order valence-electron chi connectivity index (χ1n) is 7.48. The molecule has 4 aromatic rings. The van der Waals surface area contributed by atoms with Crippen LogP contribution in [0.4, 0.5) is 10.2 Å². The average Bonchev–Trinajstić information content (AvgIpc) is 3.03. The molecule has 0 amide bonds. The van der Waals surface area contributed by atoms with Crippen LogP contribution in [0.25, 0.3) is 33.4 Å². The van der Waals surface area contributed by atoms with Gasteiger partial charge >= 0.3 is 0 Å². The van der Waals surface area contributed by atoms with E-state index in [4.69, 9.17) is 5.73 Å². The zero-order valence-corrected chi connectivity index (χ0v) is 13.2. The second-order valence-electron chi connectivity index (χ2n) is 5.58. The number of anilines is 1. The van der Waals surface area contributed by atoms with Crippen LogP contribution in [0, 0.1) is 5.95 Å². The fraction of sp³-hybridized carbons (Fsp3) is 0.0588. The summed E-state index contributed by atoms with van der Waals surface area (Å²) < 4.78 is 15.6. The van der Waals surface area contributed by atoms with Crippen molar-refractivity contribution in [2.24, 2.45) is 7.05 Å². The first kappa shape index (κ1) is 15.0. The highest BCUT2D eigenvalue weighted by Gasteiger charge is 2.17. The van der Waals surface area contributed by atoms with Gasteiger partial charge in [0.2, 0.25) is 0 Å². The van der Waals surface area contributed by atoms with Crippen LogP contribution in [0.1, 0.15) is 0 Å². The molecule has 3 aromatic heterocycles. The summed E-state index contributed by atoms with van der Waals surface area (Å²) in [6, 6.07) is 8.64. The Morgan fingerprint density at radius 3 is 2.76 bits per heavy atom. The number of rotatable bonds is 2. The van der Waals surface area contributed by atoms with E-state index >= 15 is 0 Å². The topological polar surface area (TPSA) is 102 Å². The molecule has 0 saturated heterocycles. The molecule has 0 aliphatic rings. The van der Waals surface area contributed by atoms with Gasteiger partial charge in [-0.3, -0.25) is 9.48 Å². The van der Waals surface area contributed by atoms with Crippen molar-refractivity contribution < 1.29 is 4.39 Å². The van der Waals surface area contributed by atoms with Crippen molar-refractivity contribution >= 4 is 16.6 Å². The average molecular weight is 336 g/mol. The molecular formula is C17H13FN6O. The summed E-state index contributed by atoms with van der Waals surface area (Å²) in [7, 11) is 1.77. The Bertz CT molecular complexity index is 1160. The number of nitrogens with two attached hydrogens (primary N) is 1. The summed E-state index contributed by atoms with van der Waals surface area (Å²) >= 11 is 0. The maximum atomic E-state index is 14.0. The molecule has 1 aromatic carbocycles. The van der Waals surface area contributed by atoms with Crippen LogP contribution in [0.2, 0.25) is 0 Å². The second-order valence-corrected chi connectivity index (χ2v) is 5.58. The van der Waals surface area contributed by atoms with Crippen LogP contribution < -0.4 is 11.3 Å². The number of nitrogens with one attached hydrogen (secondary N) is 1. The molecule has 0 aliphatic carbocycles. The van der Waals surface area contributed by atoms with E-state index in [0.717, 1.165) is 0 Å². The van der Waals surface area contributed by atoms with Crippen LogP contribution in [0.3, 0.4) is 0 Å². The zero-order valence-electron chi connectivity index (χ0n) is 13.2. The van der Waals surface area contributed by atoms with Gasteiger partial charge in [-0.25, -0.2) is 9.97 Å². The normalized spacial score (nSPS) is 11.1. The van der Waals surface area contributed by atoms with Crippen LogP contribution in [0.5, 0.6) is 0 Å². The van der Waals surface area contributed by atoms with Crippen LogP contribution in [-0.2, 0) is 7.05 Å². The quantitative estimate of drug-likeness (QED) is 0.583. The Labute approximate surface area is 141 Å². The highest BCUT2D eigenvalue weighted by molar-refractivity contribution is 5.88. The number of benzene rings is 1. The summed E-state index contributed by atoms with van der Waals surface area (Å²) in [5.41, 5.74) is 7.24. The highest BCUT2D eigenvalue weighted by Crippen LogP contribution is 2.30. The molecule has 0 fully saturated rings. The van der Waals surface area contributed by atoms with Gasteiger partial charge in [0.1, 0.15) is 17.1 Å². The van der Waals surface area contributed by atoms with Gasteiger partial charge in [0.05, 0.1) is 0 Å². The molecule has 7 nitrogen and oxygen atoms in total. The van der Waals surface area contributed by atoms with Gasteiger partial charge in [-0.2, -0.15) is 9.49 Å². The molecule has 0 spiro atoms. The third kappa shape index (κ3) is 2.53. The number of aromatic nitrogens is 5. The number of H-pyrrole nitrogens is 1. The summed E-state index contributed by atoms with van der Waals surface area (Å²) in [6.45, 7) is 0. The third-order valence-electron chi connectivity index (χ3n) is 3.88. The van der Waals surface area contributed by atoms with Crippen LogP contribution in [0.15, 0.2) is 47.5 Å². The third-order valence-corrected chi connectivity index (χ3v) is 3.88. The SMILES string of the molecule is Cn1ccc(-c2nc(N)c(F)nc2-c2ccc3c(=O)[nH]ccc3c2)n1. The molecule has 0 radical (unpaired) electrons. The van der Waals surface area contributed by atoms with Crippen molar-refractivity contribution in [3.8, 4) is 22.6 Å². The lowest BCUT2D eigenvalue weighted by atomic mass is 10.0. The smallest absolute Gasteiger partial charge is 0.256 e. The second kappa shape index (κ2) is 5.52. The van der Waals surface area contributed by atoms with Crippen molar-refractivity contribution in [1.29, 1.82) is 0 Å². The van der Waals surface area contributed by atoms with Crippen molar-refractivity contribution in [2.75, 3.05) is 5.73 Å². The monoisotopic (exact) mass is 336 g/mol. The Morgan fingerprint density at radius 1 is 1.16 bits per heavy atom. The molecule has 0 bridgehead atoms. The maximum Gasteiger partial charge on any atom is 0.256 e. The zero-order chi connectivity index (χ0) is 17.6. The van der Waals surface area contributed by atoms with E-state index in [-0.39, 0.29) is 11.4 Å². The number of halogens is 1. The minimum absolute atomic E-state index is 0.191. The number of hydrogen-bond acceptors (Lipinski definition) is 5. The van der Waals surface area contributed by atoms with E-state index in [9.17, 15) is 9.18 Å². The lowest BCUT2D eigenvalue weighted by molar-refractivity contribution is 0.585. The number of aromatic amines is 1. The summed E-state index contributed by atoms with van der Waals surface area (Å²) in [6.07, 6.45) is 3.31. The number of nitrogens with zero attached hydrogens (tertiary/aromatic N) is 4. The molecule has 8 heteroatoms. The van der Waals surface area contributed by atoms with Crippen molar-refractivity contribution in [1.82, 2.24) is 24.7 Å². The molecular weight excluding hydrogens is 323 g/mol. The van der Waals surface area contributed by atoms with E-state index in [0.29, 0.717) is 33.4 Å². The Kier molecular flexibility index (Phi) is 3.31. The molecule has 3 heterocycles. The number of aryl methyl sites for hydroxylation is 1. The highest BCUT2D eigenvalue weighted by atomic mass is 19.1. The standard InChI is InChI=1S/C17H13FN6O/c1-24-7-5-12(23-24)14-13(21-15(18)16(19)22-14)10-2-3-11-9(8-10)4-6-20-17(11)25/h2-8H,1H3,(H2,19,22)(H,20,25). The number of pyridine rings is 1. The van der Waals surface area contributed by atoms with Crippen LogP contribution >= 0.6 is 0 Å². The van der Waals surface area contributed by atoms with Crippen LogP contribution in [-0.4, -0.2) is 24.7 Å². The van der Waals surface area contributed by atoms with Gasteiger partial charge in [0.15, 0.2) is 5.82 Å². The molecule has 4 rings (SSSR count). The van der Waals surface area contributed by atoms with E-state index in [1.54, 1.807) is 54.5 Å². The summed E-state index contributed by atoms with van der Waals surface area (Å²) in [4.78, 5) is 22.6. The molecule has 25 heavy (non-hydrogen) atoms. The maximum absolute atomic E-state index is 14.0. The van der Waals surface area contributed by atoms with Gasteiger partial charge in [0, 0.05) is 30.4 Å². The lowest BCUT2D eigenvalue weighted by Crippen LogP contribution is -2.05.